The minimum Gasteiger partial charge on any atom is -0.480 e. The fraction of sp³-hybridized carbons (Fsp3) is 0.545. The van der Waals surface area contributed by atoms with E-state index in [4.69, 9.17) is 19.9 Å². The van der Waals surface area contributed by atoms with E-state index in [9.17, 15) is 24.3 Å². The number of carboxylic acid groups (broad SMARTS) is 1. The summed E-state index contributed by atoms with van der Waals surface area (Å²) in [4.78, 5) is 46.3. The number of carboxylic acids is 1. The summed E-state index contributed by atoms with van der Waals surface area (Å²) in [6.07, 6.45) is 2.47. The third-order valence-corrected chi connectivity index (χ3v) is 4.52. The van der Waals surface area contributed by atoms with Gasteiger partial charge < -0.3 is 25.1 Å². The maximum Gasteiger partial charge on any atom is 0.321 e. The van der Waals surface area contributed by atoms with Crippen molar-refractivity contribution in [1.82, 2.24) is 0 Å². The van der Waals surface area contributed by atoms with Crippen LogP contribution >= 0.6 is 0 Å². The molecular formula is C22H31NO8. The summed E-state index contributed by atoms with van der Waals surface area (Å²) in [7, 11) is 0. The fourth-order valence-corrected chi connectivity index (χ4v) is 3.10. The first kappa shape index (κ1) is 26.1. The van der Waals surface area contributed by atoms with Gasteiger partial charge in [0.1, 0.15) is 6.04 Å². The topological polar surface area (TPSA) is 142 Å². The lowest BCUT2D eigenvalue weighted by atomic mass is 9.87. The molecule has 1 aromatic carbocycles. The third kappa shape index (κ3) is 9.17. The van der Waals surface area contributed by atoms with E-state index in [-0.39, 0.29) is 23.9 Å². The van der Waals surface area contributed by atoms with E-state index >= 15 is 0 Å². The van der Waals surface area contributed by atoms with Gasteiger partial charge in [-0.1, -0.05) is 25.8 Å². The summed E-state index contributed by atoms with van der Waals surface area (Å²) in [5.41, 5.74) is 6.35. The average Bonchev–Trinajstić information content (AvgIpc) is 2.66. The monoisotopic (exact) mass is 437 g/mol. The van der Waals surface area contributed by atoms with Gasteiger partial charge in [-0.25, -0.2) is 0 Å². The Kier molecular flexibility index (Phi) is 10.7. The second-order valence-electron chi connectivity index (χ2n) is 7.36. The Bertz CT molecular complexity index is 792. The van der Waals surface area contributed by atoms with E-state index in [2.05, 4.69) is 0 Å². The van der Waals surface area contributed by atoms with Gasteiger partial charge in [-0.15, -0.1) is 0 Å². The van der Waals surface area contributed by atoms with Gasteiger partial charge in [0, 0.05) is 26.2 Å². The zero-order valence-corrected chi connectivity index (χ0v) is 18.4. The second kappa shape index (κ2) is 12.7. The molecule has 0 aromatic heterocycles. The molecule has 0 heterocycles. The van der Waals surface area contributed by atoms with Gasteiger partial charge in [0.2, 0.25) is 0 Å². The van der Waals surface area contributed by atoms with Crippen molar-refractivity contribution in [2.45, 2.75) is 77.9 Å². The molecule has 0 aliphatic carbocycles. The van der Waals surface area contributed by atoms with Crippen molar-refractivity contribution in [2.24, 2.45) is 5.73 Å². The summed E-state index contributed by atoms with van der Waals surface area (Å²) in [6, 6.07) is 3.04. The molecule has 172 valence electrons. The normalized spacial score (nSPS) is 13.6. The van der Waals surface area contributed by atoms with Crippen LogP contribution in [0, 0.1) is 0 Å². The summed E-state index contributed by atoms with van der Waals surface area (Å²) < 4.78 is 15.6. The molecule has 0 spiro atoms. The predicted octanol–water partition coefficient (Wildman–Crippen LogP) is 2.93. The van der Waals surface area contributed by atoms with Crippen LogP contribution in [0.25, 0.3) is 0 Å². The summed E-state index contributed by atoms with van der Waals surface area (Å²) in [6.45, 7) is 6.08. The minimum absolute atomic E-state index is 0.0181. The average molecular weight is 437 g/mol. The molecule has 9 nitrogen and oxygen atoms in total. The van der Waals surface area contributed by atoms with Crippen LogP contribution in [-0.4, -0.2) is 41.1 Å². The number of nitrogens with two attached hydrogens (primary N) is 1. The van der Waals surface area contributed by atoms with Crippen LogP contribution in [0.3, 0.4) is 0 Å². The SMILES string of the molecule is CCCCCC(=O)OC(C)CC(c1ccc(OC(C)=O)c(OC(C)=O)c1)[C@H](N)C(=O)O. The van der Waals surface area contributed by atoms with Crippen molar-refractivity contribution in [3.05, 3.63) is 23.8 Å². The van der Waals surface area contributed by atoms with Gasteiger partial charge in [0.15, 0.2) is 11.5 Å². The molecule has 0 aliphatic rings. The first-order chi connectivity index (χ1) is 14.5. The smallest absolute Gasteiger partial charge is 0.321 e. The Morgan fingerprint density at radius 1 is 1.03 bits per heavy atom. The lowest BCUT2D eigenvalue weighted by molar-refractivity contribution is -0.149. The molecule has 0 aliphatic heterocycles. The Morgan fingerprint density at radius 2 is 1.65 bits per heavy atom. The number of esters is 3. The number of carbonyl (C=O) groups excluding carboxylic acids is 3. The first-order valence-electron chi connectivity index (χ1n) is 10.2. The van der Waals surface area contributed by atoms with Crippen LogP contribution in [0.15, 0.2) is 18.2 Å². The molecule has 0 fully saturated rings. The van der Waals surface area contributed by atoms with E-state index < -0.39 is 36.0 Å². The number of carbonyl (C=O) groups is 4. The molecule has 0 amide bonds. The van der Waals surface area contributed by atoms with Crippen LogP contribution in [0.4, 0.5) is 0 Å². The molecule has 31 heavy (non-hydrogen) atoms. The number of hydrogen-bond acceptors (Lipinski definition) is 8. The Balaban J connectivity index is 3.12. The predicted molar refractivity (Wildman–Crippen MR) is 112 cm³/mol. The van der Waals surface area contributed by atoms with Crippen molar-refractivity contribution < 1.29 is 38.5 Å². The van der Waals surface area contributed by atoms with Crippen LogP contribution in [0.2, 0.25) is 0 Å². The minimum atomic E-state index is -1.30. The third-order valence-electron chi connectivity index (χ3n) is 4.52. The van der Waals surface area contributed by atoms with E-state index in [1.54, 1.807) is 6.92 Å². The van der Waals surface area contributed by atoms with E-state index in [0.29, 0.717) is 12.0 Å². The van der Waals surface area contributed by atoms with Gasteiger partial charge in [-0.3, -0.25) is 19.2 Å². The van der Waals surface area contributed by atoms with Gasteiger partial charge >= 0.3 is 23.9 Å². The maximum absolute atomic E-state index is 12.0. The molecule has 0 bridgehead atoms. The molecule has 0 radical (unpaired) electrons. The summed E-state index contributed by atoms with van der Waals surface area (Å²) in [5, 5.41) is 9.45. The maximum atomic E-state index is 12.0. The van der Waals surface area contributed by atoms with E-state index in [0.717, 1.165) is 19.3 Å². The summed E-state index contributed by atoms with van der Waals surface area (Å²) in [5.74, 6) is -3.60. The van der Waals surface area contributed by atoms with Crippen molar-refractivity contribution in [2.75, 3.05) is 0 Å². The van der Waals surface area contributed by atoms with Gasteiger partial charge in [0.05, 0.1) is 6.10 Å². The number of rotatable bonds is 12. The molecule has 1 rings (SSSR count). The van der Waals surface area contributed by atoms with Crippen molar-refractivity contribution in [1.29, 1.82) is 0 Å². The van der Waals surface area contributed by atoms with Crippen LogP contribution in [-0.2, 0) is 23.9 Å². The quantitative estimate of drug-likeness (QED) is 0.287. The molecule has 3 N–H and O–H groups in total. The number of benzene rings is 1. The molecule has 3 atom stereocenters. The highest BCUT2D eigenvalue weighted by Crippen LogP contribution is 2.34. The fourth-order valence-electron chi connectivity index (χ4n) is 3.10. The zero-order chi connectivity index (χ0) is 23.6. The van der Waals surface area contributed by atoms with Crippen LogP contribution in [0.5, 0.6) is 11.5 Å². The summed E-state index contributed by atoms with van der Waals surface area (Å²) >= 11 is 0. The molecule has 9 heteroatoms. The Labute approximate surface area is 181 Å². The van der Waals surface area contributed by atoms with Crippen molar-refractivity contribution >= 4 is 23.9 Å². The molecule has 0 saturated heterocycles. The number of unbranched alkanes of at least 4 members (excludes halogenated alkanes) is 2. The van der Waals surface area contributed by atoms with Gasteiger partial charge in [0.25, 0.3) is 0 Å². The number of ether oxygens (including phenoxy) is 3. The first-order valence-corrected chi connectivity index (χ1v) is 10.2. The number of aliphatic carboxylic acids is 1. The van der Waals surface area contributed by atoms with E-state index in [1.807, 2.05) is 6.92 Å². The van der Waals surface area contributed by atoms with Crippen molar-refractivity contribution in [3.8, 4) is 11.5 Å². The standard InChI is InChI=1S/C22H31NO8/c1-5-6-7-8-20(26)29-13(2)11-17(21(23)22(27)28)16-9-10-18(30-14(3)24)19(12-16)31-15(4)25/h9-10,12-13,17,21H,5-8,11,23H2,1-4H3,(H,27,28)/t13?,17?,21-/m0/s1. The van der Waals surface area contributed by atoms with Crippen LogP contribution in [0.1, 0.15) is 71.3 Å². The van der Waals surface area contributed by atoms with Gasteiger partial charge in [-0.2, -0.15) is 0 Å². The highest BCUT2D eigenvalue weighted by atomic mass is 16.6. The zero-order valence-electron chi connectivity index (χ0n) is 18.4. The second-order valence-corrected chi connectivity index (χ2v) is 7.36. The highest BCUT2D eigenvalue weighted by Gasteiger charge is 2.30. The highest BCUT2D eigenvalue weighted by molar-refractivity contribution is 5.76. The molecular weight excluding hydrogens is 406 g/mol. The lowest BCUT2D eigenvalue weighted by Gasteiger charge is -2.25. The van der Waals surface area contributed by atoms with Crippen LogP contribution < -0.4 is 15.2 Å². The molecule has 1 aromatic rings. The molecule has 0 saturated carbocycles. The van der Waals surface area contributed by atoms with E-state index in [1.165, 1.54) is 32.0 Å². The Morgan fingerprint density at radius 3 is 2.19 bits per heavy atom. The largest absolute Gasteiger partial charge is 0.480 e. The Hall–Kier alpha value is -2.94. The lowest BCUT2D eigenvalue weighted by Crippen LogP contribution is -2.38. The molecule has 2 unspecified atom stereocenters. The van der Waals surface area contributed by atoms with Gasteiger partial charge in [-0.05, 0) is 37.5 Å². The van der Waals surface area contributed by atoms with Crippen molar-refractivity contribution in [3.63, 3.8) is 0 Å². The number of hydrogen-bond donors (Lipinski definition) is 2.